The second-order valence-electron chi connectivity index (χ2n) is 5.07. The van der Waals surface area contributed by atoms with Gasteiger partial charge in [0.1, 0.15) is 0 Å². The standard InChI is InChI=1S/C16H28N6.HI/c1-3-9-19-15(17)21-11-13-5-7-14(8-6-13)12-22-16(18)20-10-4-2;/h5-8H,3-4,9-12H2,1-2H3,(H3,17,19,21)(H3,18,20,22);1H. The van der Waals surface area contributed by atoms with E-state index in [1.54, 1.807) is 0 Å². The molecule has 1 aromatic carbocycles. The summed E-state index contributed by atoms with van der Waals surface area (Å²) in [5.74, 6) is 0.982. The van der Waals surface area contributed by atoms with Crippen molar-refractivity contribution in [3.05, 3.63) is 35.4 Å². The minimum absolute atomic E-state index is 0. The number of benzene rings is 1. The summed E-state index contributed by atoms with van der Waals surface area (Å²) in [7, 11) is 0. The first-order valence-corrected chi connectivity index (χ1v) is 7.81. The van der Waals surface area contributed by atoms with E-state index in [0.717, 1.165) is 37.1 Å². The monoisotopic (exact) mass is 432 g/mol. The first-order chi connectivity index (χ1) is 10.7. The molecule has 0 heterocycles. The lowest BCUT2D eigenvalue weighted by Crippen LogP contribution is -2.32. The number of halogens is 1. The van der Waals surface area contributed by atoms with Gasteiger partial charge in [-0.25, -0.2) is 9.98 Å². The number of aliphatic imine (C=N–C) groups is 2. The third-order valence-electron chi connectivity index (χ3n) is 3.00. The molecule has 130 valence electrons. The van der Waals surface area contributed by atoms with E-state index in [-0.39, 0.29) is 24.0 Å². The van der Waals surface area contributed by atoms with Crippen LogP contribution < -0.4 is 22.1 Å². The quantitative estimate of drug-likeness (QED) is 0.287. The van der Waals surface area contributed by atoms with Gasteiger partial charge < -0.3 is 22.1 Å². The number of nitrogens with zero attached hydrogens (tertiary/aromatic N) is 2. The molecule has 0 spiro atoms. The van der Waals surface area contributed by atoms with Crippen LogP contribution in [0.25, 0.3) is 0 Å². The van der Waals surface area contributed by atoms with Crippen LogP contribution in [-0.4, -0.2) is 25.0 Å². The van der Waals surface area contributed by atoms with Gasteiger partial charge in [-0.15, -0.1) is 24.0 Å². The molecule has 0 saturated heterocycles. The summed E-state index contributed by atoms with van der Waals surface area (Å²) in [6, 6.07) is 8.16. The minimum Gasteiger partial charge on any atom is -0.370 e. The number of nitrogens with one attached hydrogen (secondary N) is 2. The van der Waals surface area contributed by atoms with Gasteiger partial charge in [0.2, 0.25) is 0 Å². The van der Waals surface area contributed by atoms with Crippen molar-refractivity contribution < 1.29 is 0 Å². The van der Waals surface area contributed by atoms with Crippen LogP contribution in [0.1, 0.15) is 37.8 Å². The molecule has 0 saturated carbocycles. The maximum absolute atomic E-state index is 5.76. The fraction of sp³-hybridized carbons (Fsp3) is 0.500. The lowest BCUT2D eigenvalue weighted by Gasteiger charge is -2.05. The summed E-state index contributed by atoms with van der Waals surface area (Å²) >= 11 is 0. The zero-order chi connectivity index (χ0) is 16.2. The van der Waals surface area contributed by atoms with Gasteiger partial charge in [-0.05, 0) is 24.0 Å². The van der Waals surface area contributed by atoms with Crippen LogP contribution in [0.2, 0.25) is 0 Å². The molecule has 0 amide bonds. The molecule has 1 aromatic rings. The van der Waals surface area contributed by atoms with Crippen molar-refractivity contribution in [2.75, 3.05) is 13.1 Å². The van der Waals surface area contributed by atoms with Crippen molar-refractivity contribution in [2.45, 2.75) is 39.8 Å². The molecule has 7 heteroatoms. The Kier molecular flexibility index (Phi) is 12.1. The molecule has 0 unspecified atom stereocenters. The largest absolute Gasteiger partial charge is 0.370 e. The Balaban J connectivity index is 0.00000484. The maximum atomic E-state index is 5.76. The Labute approximate surface area is 156 Å². The Bertz CT molecular complexity index is 439. The van der Waals surface area contributed by atoms with Crippen molar-refractivity contribution >= 4 is 35.9 Å². The van der Waals surface area contributed by atoms with Gasteiger partial charge in [0, 0.05) is 13.1 Å². The molecule has 0 radical (unpaired) electrons. The molecule has 0 aliphatic heterocycles. The number of hydrogen-bond donors (Lipinski definition) is 4. The smallest absolute Gasteiger partial charge is 0.188 e. The van der Waals surface area contributed by atoms with Crippen LogP contribution in [0.3, 0.4) is 0 Å². The summed E-state index contributed by atoms with van der Waals surface area (Å²) in [5.41, 5.74) is 13.8. The fourth-order valence-electron chi connectivity index (χ4n) is 1.72. The van der Waals surface area contributed by atoms with Crippen LogP contribution in [0.4, 0.5) is 0 Å². The zero-order valence-electron chi connectivity index (χ0n) is 14.0. The third-order valence-corrected chi connectivity index (χ3v) is 3.00. The molecule has 0 aliphatic rings. The summed E-state index contributed by atoms with van der Waals surface area (Å²) in [6.45, 7) is 7.02. The SMILES string of the molecule is CCCNC(N)=NCc1ccc(CN=C(N)NCCC)cc1.I. The van der Waals surface area contributed by atoms with Crippen molar-refractivity contribution in [3.8, 4) is 0 Å². The normalized spacial score (nSPS) is 11.7. The highest BCUT2D eigenvalue weighted by Gasteiger charge is 1.96. The Morgan fingerprint density at radius 3 is 1.48 bits per heavy atom. The molecule has 0 aromatic heterocycles. The molecule has 1 rings (SSSR count). The van der Waals surface area contributed by atoms with Crippen LogP contribution >= 0.6 is 24.0 Å². The van der Waals surface area contributed by atoms with E-state index in [2.05, 4.69) is 34.5 Å². The highest BCUT2D eigenvalue weighted by molar-refractivity contribution is 14.0. The second kappa shape index (κ2) is 13.0. The van der Waals surface area contributed by atoms with Crippen molar-refractivity contribution in [1.29, 1.82) is 0 Å². The van der Waals surface area contributed by atoms with Crippen LogP contribution in [-0.2, 0) is 13.1 Å². The van der Waals surface area contributed by atoms with Gasteiger partial charge in [0.15, 0.2) is 11.9 Å². The Morgan fingerprint density at radius 2 is 1.17 bits per heavy atom. The fourth-order valence-corrected chi connectivity index (χ4v) is 1.72. The summed E-state index contributed by atoms with van der Waals surface area (Å²) in [4.78, 5) is 8.59. The lowest BCUT2D eigenvalue weighted by atomic mass is 10.1. The highest BCUT2D eigenvalue weighted by atomic mass is 127. The average Bonchev–Trinajstić information content (AvgIpc) is 2.55. The zero-order valence-corrected chi connectivity index (χ0v) is 16.3. The second-order valence-corrected chi connectivity index (χ2v) is 5.07. The topological polar surface area (TPSA) is 101 Å². The van der Waals surface area contributed by atoms with Gasteiger partial charge in [-0.2, -0.15) is 0 Å². The molecule has 0 fully saturated rings. The van der Waals surface area contributed by atoms with E-state index in [4.69, 9.17) is 11.5 Å². The van der Waals surface area contributed by atoms with Crippen LogP contribution in [0, 0.1) is 0 Å². The molecule has 6 N–H and O–H groups in total. The van der Waals surface area contributed by atoms with Crippen LogP contribution in [0.5, 0.6) is 0 Å². The number of guanidine groups is 2. The minimum atomic E-state index is 0. The van der Waals surface area contributed by atoms with Gasteiger partial charge in [0.05, 0.1) is 13.1 Å². The van der Waals surface area contributed by atoms with Crippen molar-refractivity contribution in [3.63, 3.8) is 0 Å². The van der Waals surface area contributed by atoms with Crippen LogP contribution in [0.15, 0.2) is 34.3 Å². The molecular formula is C16H29IN6. The first-order valence-electron chi connectivity index (χ1n) is 7.81. The van der Waals surface area contributed by atoms with E-state index < -0.39 is 0 Å². The predicted molar refractivity (Wildman–Crippen MR) is 109 cm³/mol. The van der Waals surface area contributed by atoms with Gasteiger partial charge in [-0.3, -0.25) is 0 Å². The maximum Gasteiger partial charge on any atom is 0.188 e. The third kappa shape index (κ3) is 9.98. The first kappa shape index (κ1) is 21.5. The van der Waals surface area contributed by atoms with Crippen molar-refractivity contribution in [2.24, 2.45) is 21.5 Å². The van der Waals surface area contributed by atoms with Gasteiger partial charge >= 0.3 is 0 Å². The molecule has 0 bridgehead atoms. The average molecular weight is 432 g/mol. The summed E-state index contributed by atoms with van der Waals surface area (Å²) < 4.78 is 0. The van der Waals surface area contributed by atoms with Crippen molar-refractivity contribution in [1.82, 2.24) is 10.6 Å². The molecule has 6 nitrogen and oxygen atoms in total. The highest BCUT2D eigenvalue weighted by Crippen LogP contribution is 2.06. The van der Waals surface area contributed by atoms with E-state index in [1.807, 2.05) is 24.3 Å². The number of rotatable bonds is 8. The molecular weight excluding hydrogens is 403 g/mol. The van der Waals surface area contributed by atoms with E-state index in [1.165, 1.54) is 0 Å². The molecule has 0 aliphatic carbocycles. The van der Waals surface area contributed by atoms with E-state index in [0.29, 0.717) is 25.0 Å². The summed E-state index contributed by atoms with van der Waals surface area (Å²) in [5, 5.41) is 6.11. The predicted octanol–water partition coefficient (Wildman–Crippen LogP) is 1.93. The summed E-state index contributed by atoms with van der Waals surface area (Å²) in [6.07, 6.45) is 2.06. The Hall–Kier alpha value is -1.51. The molecule has 23 heavy (non-hydrogen) atoms. The van der Waals surface area contributed by atoms with E-state index >= 15 is 0 Å². The number of hydrogen-bond acceptors (Lipinski definition) is 2. The van der Waals surface area contributed by atoms with Gasteiger partial charge in [-0.1, -0.05) is 38.1 Å². The lowest BCUT2D eigenvalue weighted by molar-refractivity contribution is 0.824. The Morgan fingerprint density at radius 1 is 0.826 bits per heavy atom. The van der Waals surface area contributed by atoms with Gasteiger partial charge in [0.25, 0.3) is 0 Å². The van der Waals surface area contributed by atoms with E-state index in [9.17, 15) is 0 Å². The molecule has 0 atom stereocenters. The number of nitrogens with two attached hydrogens (primary N) is 2.